The summed E-state index contributed by atoms with van der Waals surface area (Å²) in [5, 5.41) is 0. The van der Waals surface area contributed by atoms with Crippen LogP contribution >= 0.6 is 0 Å². The quantitative estimate of drug-likeness (QED) is 0.602. The summed E-state index contributed by atoms with van der Waals surface area (Å²) in [6, 6.07) is 7.01. The second kappa shape index (κ2) is 7.52. The summed E-state index contributed by atoms with van der Waals surface area (Å²) in [7, 11) is 0. The number of carbonyl (C=O) groups excluding carboxylic acids is 1. The Kier molecular flexibility index (Phi) is 5.94. The van der Waals surface area contributed by atoms with Gasteiger partial charge in [0.05, 0.1) is 0 Å². The van der Waals surface area contributed by atoms with Crippen LogP contribution in [0.3, 0.4) is 0 Å². The van der Waals surface area contributed by atoms with Gasteiger partial charge in [0.2, 0.25) is 0 Å². The summed E-state index contributed by atoms with van der Waals surface area (Å²) in [5.41, 5.74) is 0.553. The summed E-state index contributed by atoms with van der Waals surface area (Å²) < 4.78 is 18.1. The molecule has 22 heavy (non-hydrogen) atoms. The molecule has 4 atom stereocenters. The number of benzene rings is 1. The molecule has 0 N–H and O–H groups in total. The molecule has 1 aromatic rings. The summed E-state index contributed by atoms with van der Waals surface area (Å²) in [5.74, 6) is 3.06. The van der Waals surface area contributed by atoms with Gasteiger partial charge in [0.1, 0.15) is 0 Å². The SMILES string of the molecule is CC(C)[C@@H]1CC[C@@H](C)C[C@H]1OC(=O)c1ccc([Se](C)=O)cc1. The van der Waals surface area contributed by atoms with Gasteiger partial charge in [-0.05, 0) is 0 Å². The molecule has 0 aromatic heterocycles. The van der Waals surface area contributed by atoms with Crippen molar-refractivity contribution in [3.8, 4) is 0 Å². The van der Waals surface area contributed by atoms with Crippen LogP contribution in [0.2, 0.25) is 5.82 Å². The van der Waals surface area contributed by atoms with Crippen LogP contribution in [0.4, 0.5) is 0 Å². The fourth-order valence-electron chi connectivity index (χ4n) is 3.24. The fraction of sp³-hybridized carbons (Fsp3) is 0.611. The van der Waals surface area contributed by atoms with E-state index in [1.165, 1.54) is 6.42 Å². The van der Waals surface area contributed by atoms with Crippen molar-refractivity contribution in [3.05, 3.63) is 29.8 Å². The molecule has 0 heterocycles. The van der Waals surface area contributed by atoms with Crippen LogP contribution in [0.25, 0.3) is 0 Å². The molecule has 1 aliphatic carbocycles. The van der Waals surface area contributed by atoms with Crippen LogP contribution in [-0.2, 0) is 8.57 Å². The Labute approximate surface area is 137 Å². The van der Waals surface area contributed by atoms with Crippen molar-refractivity contribution in [1.82, 2.24) is 0 Å². The van der Waals surface area contributed by atoms with E-state index in [-0.39, 0.29) is 12.1 Å². The molecule has 0 radical (unpaired) electrons. The zero-order valence-electron chi connectivity index (χ0n) is 13.9. The van der Waals surface area contributed by atoms with Crippen LogP contribution in [0.15, 0.2) is 24.3 Å². The molecule has 1 aromatic carbocycles. The van der Waals surface area contributed by atoms with E-state index < -0.39 is 13.8 Å². The predicted molar refractivity (Wildman–Crippen MR) is 88.9 cm³/mol. The topological polar surface area (TPSA) is 43.4 Å². The van der Waals surface area contributed by atoms with Crippen molar-refractivity contribution in [3.63, 3.8) is 0 Å². The maximum atomic E-state index is 12.4. The van der Waals surface area contributed by atoms with E-state index in [9.17, 15) is 8.63 Å². The van der Waals surface area contributed by atoms with Gasteiger partial charge in [0.15, 0.2) is 0 Å². The molecule has 4 heteroatoms. The van der Waals surface area contributed by atoms with Gasteiger partial charge >= 0.3 is 137 Å². The summed E-state index contributed by atoms with van der Waals surface area (Å²) in [6.45, 7) is 6.64. The van der Waals surface area contributed by atoms with Gasteiger partial charge < -0.3 is 0 Å². The number of ether oxygens (including phenoxy) is 1. The molecule has 2 rings (SSSR count). The van der Waals surface area contributed by atoms with Gasteiger partial charge in [-0.2, -0.15) is 0 Å². The van der Waals surface area contributed by atoms with Crippen LogP contribution in [0, 0.1) is 17.8 Å². The predicted octanol–water partition coefficient (Wildman–Crippen LogP) is 3.56. The standard InChI is InChI=1S/C18H26O3Se/c1-12(2)16-10-5-13(3)11-17(16)21-18(19)14-6-8-15(9-7-14)22(4)20/h6-9,12-13,16-17H,5,10-11H2,1-4H3/t13-,16+,17-,22?/m1/s1. The van der Waals surface area contributed by atoms with E-state index in [0.717, 1.165) is 17.3 Å². The molecular weight excluding hydrogens is 343 g/mol. The Morgan fingerprint density at radius 1 is 1.23 bits per heavy atom. The molecule has 122 valence electrons. The number of esters is 1. The first kappa shape index (κ1) is 17.4. The third kappa shape index (κ3) is 4.27. The number of rotatable bonds is 4. The van der Waals surface area contributed by atoms with E-state index in [0.29, 0.717) is 23.3 Å². The molecule has 1 saturated carbocycles. The zero-order chi connectivity index (χ0) is 16.3. The van der Waals surface area contributed by atoms with Gasteiger partial charge in [0, 0.05) is 0 Å². The average molecular weight is 369 g/mol. The Bertz CT molecular complexity index is 536. The van der Waals surface area contributed by atoms with E-state index in [2.05, 4.69) is 20.8 Å². The molecule has 0 aliphatic heterocycles. The van der Waals surface area contributed by atoms with Gasteiger partial charge in [0.25, 0.3) is 0 Å². The minimum absolute atomic E-state index is 0.0165. The van der Waals surface area contributed by atoms with Gasteiger partial charge in [-0.3, -0.25) is 0 Å². The molecule has 0 spiro atoms. The Balaban J connectivity index is 2.07. The molecule has 0 amide bonds. The van der Waals surface area contributed by atoms with Crippen molar-refractivity contribution in [1.29, 1.82) is 0 Å². The minimum atomic E-state index is -1.92. The first-order valence-electron chi connectivity index (χ1n) is 8.03. The van der Waals surface area contributed by atoms with Crippen molar-refractivity contribution in [2.75, 3.05) is 0 Å². The first-order chi connectivity index (χ1) is 10.4. The molecule has 3 nitrogen and oxygen atoms in total. The van der Waals surface area contributed by atoms with Crippen LogP contribution in [-0.4, -0.2) is 25.9 Å². The number of carbonyl (C=O) groups is 1. The molecule has 1 fully saturated rings. The zero-order valence-corrected chi connectivity index (χ0v) is 15.6. The van der Waals surface area contributed by atoms with Crippen molar-refractivity contribution in [2.45, 2.75) is 52.0 Å². The van der Waals surface area contributed by atoms with Gasteiger partial charge in [-0.25, -0.2) is 0 Å². The second-order valence-electron chi connectivity index (χ2n) is 6.75. The van der Waals surface area contributed by atoms with Gasteiger partial charge in [-0.15, -0.1) is 0 Å². The molecular formula is C18H26O3Se. The van der Waals surface area contributed by atoms with Crippen molar-refractivity contribution in [2.24, 2.45) is 17.8 Å². The molecule has 1 aliphatic rings. The number of hydrogen-bond acceptors (Lipinski definition) is 3. The fourth-order valence-corrected chi connectivity index (χ4v) is 4.33. The van der Waals surface area contributed by atoms with Crippen LogP contribution in [0.5, 0.6) is 0 Å². The normalized spacial score (nSPS) is 26.7. The van der Waals surface area contributed by atoms with E-state index in [4.69, 9.17) is 4.74 Å². The Morgan fingerprint density at radius 3 is 2.41 bits per heavy atom. The molecule has 0 saturated heterocycles. The van der Waals surface area contributed by atoms with Crippen LogP contribution in [0.1, 0.15) is 50.4 Å². The molecule has 0 bridgehead atoms. The van der Waals surface area contributed by atoms with Crippen molar-refractivity contribution < 1.29 is 13.4 Å². The third-order valence-corrected chi connectivity index (χ3v) is 6.61. The molecule has 1 unspecified atom stereocenters. The summed E-state index contributed by atoms with van der Waals surface area (Å²) in [6.07, 6.45) is 3.32. The average Bonchev–Trinajstić information content (AvgIpc) is 2.47. The summed E-state index contributed by atoms with van der Waals surface area (Å²) >= 11 is -1.92. The van der Waals surface area contributed by atoms with Gasteiger partial charge in [-0.1, -0.05) is 0 Å². The van der Waals surface area contributed by atoms with E-state index in [1.807, 2.05) is 0 Å². The Hall–Kier alpha value is -0.991. The van der Waals surface area contributed by atoms with Crippen molar-refractivity contribution >= 4 is 24.3 Å². The first-order valence-corrected chi connectivity index (χ1v) is 11.3. The van der Waals surface area contributed by atoms with E-state index in [1.54, 1.807) is 30.1 Å². The maximum absolute atomic E-state index is 12.4. The Morgan fingerprint density at radius 2 is 1.86 bits per heavy atom. The number of hydrogen-bond donors (Lipinski definition) is 0. The summed E-state index contributed by atoms with van der Waals surface area (Å²) in [4.78, 5) is 12.4. The third-order valence-electron chi connectivity index (χ3n) is 4.64. The van der Waals surface area contributed by atoms with Crippen LogP contribution < -0.4 is 4.46 Å². The second-order valence-corrected chi connectivity index (χ2v) is 9.64. The van der Waals surface area contributed by atoms with E-state index >= 15 is 0 Å². The monoisotopic (exact) mass is 370 g/mol.